The van der Waals surface area contributed by atoms with Crippen molar-refractivity contribution in [3.8, 4) is 0 Å². The van der Waals surface area contributed by atoms with Gasteiger partial charge in [-0.3, -0.25) is 4.90 Å². The lowest BCUT2D eigenvalue weighted by molar-refractivity contribution is 0.323. The van der Waals surface area contributed by atoms with Crippen LogP contribution < -0.4 is 5.73 Å². The Kier molecular flexibility index (Phi) is 2.14. The number of nitrogens with zero attached hydrogens (tertiary/aromatic N) is 1. The molecule has 0 aromatic carbocycles. The summed E-state index contributed by atoms with van der Waals surface area (Å²) >= 11 is 0. The smallest absolute Gasteiger partial charge is 0.122 e. The van der Waals surface area contributed by atoms with Crippen molar-refractivity contribution in [2.45, 2.75) is 26.4 Å². The number of hydrogen-bond acceptors (Lipinski definition) is 3. The van der Waals surface area contributed by atoms with Gasteiger partial charge in [-0.25, -0.2) is 0 Å². The van der Waals surface area contributed by atoms with Crippen LogP contribution in [0.15, 0.2) is 4.42 Å². The molecule has 1 aliphatic rings. The lowest BCUT2D eigenvalue weighted by atomic mass is 10.1. The molecule has 1 aliphatic heterocycles. The highest BCUT2D eigenvalue weighted by molar-refractivity contribution is 5.35. The fourth-order valence-electron chi connectivity index (χ4n) is 2.04. The highest BCUT2D eigenvalue weighted by atomic mass is 16.3. The van der Waals surface area contributed by atoms with Crippen LogP contribution in [0.25, 0.3) is 0 Å². The van der Waals surface area contributed by atoms with Gasteiger partial charge >= 0.3 is 0 Å². The average Bonchev–Trinajstić information content (AvgIpc) is 2.52. The van der Waals surface area contributed by atoms with Gasteiger partial charge in [-0.15, -0.1) is 0 Å². The molecule has 2 N–H and O–H groups in total. The Bertz CT molecular complexity index is 317. The summed E-state index contributed by atoms with van der Waals surface area (Å²) in [4.78, 5) is 2.26. The monoisotopic (exact) mass is 180 g/mol. The fourth-order valence-corrected chi connectivity index (χ4v) is 2.04. The Labute approximate surface area is 78.5 Å². The van der Waals surface area contributed by atoms with Crippen LogP contribution in [0.3, 0.4) is 0 Å². The molecule has 0 aliphatic carbocycles. The maximum atomic E-state index is 5.68. The minimum atomic E-state index is 0.705. The van der Waals surface area contributed by atoms with Crippen LogP contribution in [0.4, 0.5) is 0 Å². The highest BCUT2D eigenvalue weighted by Crippen LogP contribution is 2.29. The van der Waals surface area contributed by atoms with Crippen LogP contribution >= 0.6 is 0 Å². The Morgan fingerprint density at radius 3 is 2.92 bits per heavy atom. The van der Waals surface area contributed by atoms with Crippen molar-refractivity contribution in [3.63, 3.8) is 0 Å². The molecule has 72 valence electrons. The summed E-state index contributed by atoms with van der Waals surface area (Å²) < 4.78 is 5.68. The summed E-state index contributed by atoms with van der Waals surface area (Å²) in [6.07, 6.45) is 0.943. The van der Waals surface area contributed by atoms with Gasteiger partial charge in [-0.2, -0.15) is 0 Å². The van der Waals surface area contributed by atoms with Crippen molar-refractivity contribution in [2.24, 2.45) is 5.73 Å². The third kappa shape index (κ3) is 1.38. The molecule has 0 spiro atoms. The lowest BCUT2D eigenvalue weighted by Gasteiger charge is -2.06. The number of rotatable bonds is 2. The van der Waals surface area contributed by atoms with Gasteiger partial charge in [-0.1, -0.05) is 0 Å². The van der Waals surface area contributed by atoms with Crippen molar-refractivity contribution in [2.75, 3.05) is 13.6 Å². The number of aryl methyl sites for hydroxylation is 1. The van der Waals surface area contributed by atoms with E-state index in [2.05, 4.69) is 11.9 Å². The van der Waals surface area contributed by atoms with E-state index in [1.54, 1.807) is 0 Å². The number of hydrogen-bond donors (Lipinski definition) is 1. The van der Waals surface area contributed by atoms with E-state index in [0.29, 0.717) is 6.54 Å². The van der Waals surface area contributed by atoms with Crippen LogP contribution in [0.1, 0.15) is 22.6 Å². The second kappa shape index (κ2) is 3.16. The van der Waals surface area contributed by atoms with E-state index < -0.39 is 0 Å². The standard InChI is InChI=1S/C10H16N2O/c1-7-8(3-4-11)9-5-12(2)6-10(9)13-7/h3-6,11H2,1-2H3. The average molecular weight is 180 g/mol. The zero-order valence-corrected chi connectivity index (χ0v) is 8.26. The summed E-state index contributed by atoms with van der Waals surface area (Å²) in [6, 6.07) is 0. The molecule has 1 aromatic heterocycles. The Hall–Kier alpha value is -0.800. The van der Waals surface area contributed by atoms with E-state index in [0.717, 1.165) is 31.0 Å². The molecule has 0 radical (unpaired) electrons. The minimum Gasteiger partial charge on any atom is -0.464 e. The van der Waals surface area contributed by atoms with Crippen molar-refractivity contribution < 1.29 is 4.42 Å². The lowest BCUT2D eigenvalue weighted by Crippen LogP contribution is -2.10. The Morgan fingerprint density at radius 1 is 1.46 bits per heavy atom. The topological polar surface area (TPSA) is 42.4 Å². The van der Waals surface area contributed by atoms with Gasteiger partial charge in [0.05, 0.1) is 6.54 Å². The van der Waals surface area contributed by atoms with Crippen LogP contribution in [0.5, 0.6) is 0 Å². The molecule has 3 nitrogen and oxygen atoms in total. The van der Waals surface area contributed by atoms with Crippen LogP contribution in [0, 0.1) is 6.92 Å². The quantitative estimate of drug-likeness (QED) is 0.739. The van der Waals surface area contributed by atoms with E-state index in [-0.39, 0.29) is 0 Å². The van der Waals surface area contributed by atoms with Crippen LogP contribution in [-0.2, 0) is 19.5 Å². The molecule has 0 saturated heterocycles. The summed E-state index contributed by atoms with van der Waals surface area (Å²) in [7, 11) is 2.11. The SMILES string of the molecule is Cc1oc2c(c1CCN)CN(C)C2. The number of nitrogens with two attached hydrogens (primary N) is 1. The zero-order chi connectivity index (χ0) is 9.42. The van der Waals surface area contributed by atoms with Crippen molar-refractivity contribution >= 4 is 0 Å². The first-order valence-electron chi connectivity index (χ1n) is 4.71. The minimum absolute atomic E-state index is 0.705. The number of furan rings is 1. The van der Waals surface area contributed by atoms with Gasteiger partial charge in [0.2, 0.25) is 0 Å². The van der Waals surface area contributed by atoms with E-state index in [1.807, 2.05) is 6.92 Å². The molecule has 13 heavy (non-hydrogen) atoms. The fraction of sp³-hybridized carbons (Fsp3) is 0.600. The first kappa shape index (κ1) is 8.78. The molecule has 1 aromatic rings. The zero-order valence-electron chi connectivity index (χ0n) is 8.26. The first-order valence-corrected chi connectivity index (χ1v) is 4.71. The maximum absolute atomic E-state index is 5.68. The van der Waals surface area contributed by atoms with Gasteiger partial charge in [0, 0.05) is 12.1 Å². The third-order valence-corrected chi connectivity index (χ3v) is 2.64. The largest absolute Gasteiger partial charge is 0.464 e. The van der Waals surface area contributed by atoms with Gasteiger partial charge in [0.15, 0.2) is 0 Å². The van der Waals surface area contributed by atoms with E-state index in [1.165, 1.54) is 11.1 Å². The molecular formula is C10H16N2O. The van der Waals surface area contributed by atoms with Crippen LogP contribution in [-0.4, -0.2) is 18.5 Å². The molecule has 0 atom stereocenters. The Balaban J connectivity index is 2.34. The van der Waals surface area contributed by atoms with Crippen LogP contribution in [0.2, 0.25) is 0 Å². The molecule has 3 heteroatoms. The molecule has 0 fully saturated rings. The maximum Gasteiger partial charge on any atom is 0.122 e. The molecule has 2 rings (SSSR count). The summed E-state index contributed by atoms with van der Waals surface area (Å²) in [5, 5.41) is 0. The van der Waals surface area contributed by atoms with E-state index >= 15 is 0 Å². The van der Waals surface area contributed by atoms with Crippen molar-refractivity contribution in [1.82, 2.24) is 4.90 Å². The predicted molar refractivity (Wildman–Crippen MR) is 51.4 cm³/mol. The molecule has 0 bridgehead atoms. The van der Waals surface area contributed by atoms with Crippen molar-refractivity contribution in [1.29, 1.82) is 0 Å². The highest BCUT2D eigenvalue weighted by Gasteiger charge is 2.24. The molecular weight excluding hydrogens is 164 g/mol. The molecule has 2 heterocycles. The van der Waals surface area contributed by atoms with E-state index in [4.69, 9.17) is 10.2 Å². The van der Waals surface area contributed by atoms with Crippen molar-refractivity contribution in [3.05, 3.63) is 22.6 Å². The second-order valence-corrected chi connectivity index (χ2v) is 3.75. The van der Waals surface area contributed by atoms with Gasteiger partial charge in [0.25, 0.3) is 0 Å². The summed E-state index contributed by atoms with van der Waals surface area (Å²) in [6.45, 7) is 4.70. The molecule has 0 saturated carbocycles. The molecule has 0 unspecified atom stereocenters. The van der Waals surface area contributed by atoms with E-state index in [9.17, 15) is 0 Å². The normalized spacial score (nSPS) is 16.5. The summed E-state index contributed by atoms with van der Waals surface area (Å²) in [5.74, 6) is 2.20. The predicted octanol–water partition coefficient (Wildman–Crippen LogP) is 1.03. The molecule has 0 amide bonds. The third-order valence-electron chi connectivity index (χ3n) is 2.64. The first-order chi connectivity index (χ1) is 6.22. The van der Waals surface area contributed by atoms with Gasteiger partial charge in [-0.05, 0) is 32.5 Å². The van der Waals surface area contributed by atoms with Gasteiger partial charge in [0.1, 0.15) is 11.5 Å². The Morgan fingerprint density at radius 2 is 2.23 bits per heavy atom. The van der Waals surface area contributed by atoms with Gasteiger partial charge < -0.3 is 10.2 Å². The number of fused-ring (bicyclic) bond motifs is 1. The second-order valence-electron chi connectivity index (χ2n) is 3.75. The summed E-state index contributed by atoms with van der Waals surface area (Å²) in [5.41, 5.74) is 8.28.